The monoisotopic (exact) mass is 390 g/mol. The van der Waals surface area contributed by atoms with Crippen LogP contribution in [-0.4, -0.2) is 50.3 Å². The molecule has 0 amide bonds. The molecule has 0 radical (unpaired) electrons. The molecule has 3 rings (SSSR count). The minimum Gasteiger partial charge on any atom is -0.466 e. The Kier molecular flexibility index (Phi) is 5.71. The zero-order valence-corrected chi connectivity index (χ0v) is 16.0. The van der Waals surface area contributed by atoms with E-state index in [9.17, 15) is 14.9 Å². The molecule has 0 spiro atoms. The van der Waals surface area contributed by atoms with Crippen LogP contribution >= 0.6 is 0 Å². The average molecular weight is 390 g/mol. The molecule has 150 valence electrons. The highest BCUT2D eigenvalue weighted by atomic mass is 16.6. The number of ether oxygens (including phenoxy) is 2. The van der Waals surface area contributed by atoms with Gasteiger partial charge in [-0.25, -0.2) is 9.67 Å². The Morgan fingerprint density at radius 2 is 2.07 bits per heavy atom. The van der Waals surface area contributed by atoms with Gasteiger partial charge in [-0.2, -0.15) is 10.1 Å². The third-order valence-corrected chi connectivity index (χ3v) is 4.53. The number of anilines is 1. The number of nitrogens with zero attached hydrogens (tertiary/aromatic N) is 6. The highest BCUT2D eigenvalue weighted by Crippen LogP contribution is 2.37. The van der Waals surface area contributed by atoms with Crippen LogP contribution in [0.5, 0.6) is 11.8 Å². The number of aromatic nitrogens is 4. The maximum atomic E-state index is 11.9. The van der Waals surface area contributed by atoms with Crippen LogP contribution in [0.1, 0.15) is 25.5 Å². The number of rotatable bonds is 6. The predicted molar refractivity (Wildman–Crippen MR) is 98.3 cm³/mol. The minimum atomic E-state index is -0.550. The quantitative estimate of drug-likeness (QED) is 0.413. The summed E-state index contributed by atoms with van der Waals surface area (Å²) in [6.07, 6.45) is 2.31. The van der Waals surface area contributed by atoms with Gasteiger partial charge in [-0.05, 0) is 26.7 Å². The van der Waals surface area contributed by atoms with Crippen molar-refractivity contribution in [1.82, 2.24) is 19.7 Å². The van der Waals surface area contributed by atoms with E-state index < -0.39 is 4.92 Å². The number of aryl methyl sites for hydroxylation is 2. The molecule has 1 fully saturated rings. The van der Waals surface area contributed by atoms with Crippen LogP contribution in [0, 0.1) is 23.0 Å². The summed E-state index contributed by atoms with van der Waals surface area (Å²) in [5.74, 6) is -0.0619. The molecule has 3 heterocycles. The van der Waals surface area contributed by atoms with E-state index in [0.717, 1.165) is 5.69 Å². The molecule has 11 heteroatoms. The largest absolute Gasteiger partial charge is 0.466 e. The second-order valence-corrected chi connectivity index (χ2v) is 6.47. The first-order valence-electron chi connectivity index (χ1n) is 9.00. The summed E-state index contributed by atoms with van der Waals surface area (Å²) >= 11 is 0. The van der Waals surface area contributed by atoms with Crippen molar-refractivity contribution in [2.75, 3.05) is 24.6 Å². The Bertz CT molecular complexity index is 875. The summed E-state index contributed by atoms with van der Waals surface area (Å²) < 4.78 is 12.2. The molecule has 0 atom stereocenters. The van der Waals surface area contributed by atoms with Gasteiger partial charge in [-0.1, -0.05) is 0 Å². The van der Waals surface area contributed by atoms with E-state index in [1.165, 1.54) is 11.0 Å². The molecule has 0 aliphatic carbocycles. The predicted octanol–water partition coefficient (Wildman–Crippen LogP) is 2.00. The lowest BCUT2D eigenvalue weighted by Crippen LogP contribution is -2.37. The Balaban J connectivity index is 1.83. The summed E-state index contributed by atoms with van der Waals surface area (Å²) in [6, 6.07) is 1.66. The first kappa shape index (κ1) is 19.5. The Hall–Kier alpha value is -3.24. The summed E-state index contributed by atoms with van der Waals surface area (Å²) in [4.78, 5) is 32.9. The lowest BCUT2D eigenvalue weighted by atomic mass is 9.97. The van der Waals surface area contributed by atoms with Crippen LogP contribution in [-0.2, 0) is 16.6 Å². The lowest BCUT2D eigenvalue weighted by Gasteiger charge is -2.31. The van der Waals surface area contributed by atoms with Gasteiger partial charge in [0.1, 0.15) is 6.33 Å². The Morgan fingerprint density at radius 3 is 2.64 bits per heavy atom. The first-order valence-corrected chi connectivity index (χ1v) is 9.00. The van der Waals surface area contributed by atoms with E-state index >= 15 is 0 Å². The second-order valence-electron chi connectivity index (χ2n) is 6.47. The number of carbonyl (C=O) groups is 1. The fourth-order valence-electron chi connectivity index (χ4n) is 3.19. The van der Waals surface area contributed by atoms with E-state index in [1.54, 1.807) is 31.9 Å². The molecule has 0 unspecified atom stereocenters. The van der Waals surface area contributed by atoms with Crippen molar-refractivity contribution in [3.05, 3.63) is 28.2 Å². The van der Waals surface area contributed by atoms with Crippen molar-refractivity contribution in [1.29, 1.82) is 0 Å². The van der Waals surface area contributed by atoms with Gasteiger partial charge in [-0.3, -0.25) is 14.9 Å². The number of nitro groups is 1. The van der Waals surface area contributed by atoms with Crippen LogP contribution in [0.3, 0.4) is 0 Å². The molecule has 1 saturated heterocycles. The maximum Gasteiger partial charge on any atom is 0.373 e. The molecule has 0 saturated carbocycles. The van der Waals surface area contributed by atoms with E-state index in [2.05, 4.69) is 15.1 Å². The highest BCUT2D eigenvalue weighted by molar-refractivity contribution is 5.73. The Morgan fingerprint density at radius 1 is 1.36 bits per heavy atom. The Labute approximate surface area is 161 Å². The number of hydrogen-bond donors (Lipinski definition) is 0. The number of carbonyl (C=O) groups excluding carboxylic acids is 1. The molecule has 28 heavy (non-hydrogen) atoms. The fourth-order valence-corrected chi connectivity index (χ4v) is 3.19. The molecular weight excluding hydrogens is 368 g/mol. The smallest absolute Gasteiger partial charge is 0.373 e. The van der Waals surface area contributed by atoms with Crippen LogP contribution in [0.15, 0.2) is 12.4 Å². The van der Waals surface area contributed by atoms with Gasteiger partial charge in [0, 0.05) is 26.2 Å². The summed E-state index contributed by atoms with van der Waals surface area (Å²) in [5.41, 5.74) is 0.409. The molecule has 0 bridgehead atoms. The third-order valence-electron chi connectivity index (χ3n) is 4.53. The molecule has 11 nitrogen and oxygen atoms in total. The fraction of sp³-hybridized carbons (Fsp3) is 0.529. The van der Waals surface area contributed by atoms with Gasteiger partial charge in [0.15, 0.2) is 0 Å². The zero-order valence-electron chi connectivity index (χ0n) is 16.0. The second kappa shape index (κ2) is 8.19. The van der Waals surface area contributed by atoms with Gasteiger partial charge < -0.3 is 14.4 Å². The first-order chi connectivity index (χ1) is 13.4. The SMILES string of the molecule is CCOC(=O)C1CCN(c2ncnc(Oc3cc(C)nn3C)c2[N+](=O)[O-])CC1. The van der Waals surface area contributed by atoms with E-state index in [-0.39, 0.29) is 29.3 Å². The van der Waals surface area contributed by atoms with Gasteiger partial charge in [0.25, 0.3) is 0 Å². The molecule has 2 aromatic heterocycles. The third kappa shape index (κ3) is 4.02. The number of hydrogen-bond acceptors (Lipinski definition) is 9. The zero-order chi connectivity index (χ0) is 20.3. The summed E-state index contributed by atoms with van der Waals surface area (Å²) in [7, 11) is 1.68. The van der Waals surface area contributed by atoms with Crippen LogP contribution in [0.4, 0.5) is 11.5 Å². The normalized spacial score (nSPS) is 14.8. The maximum absolute atomic E-state index is 11.9. The minimum absolute atomic E-state index is 0.148. The van der Waals surface area contributed by atoms with Crippen LogP contribution in [0.2, 0.25) is 0 Å². The standard InChI is InChI=1S/C17H22N6O5/c1-4-27-17(24)12-5-7-22(8-6-12)15-14(23(25)26)16(19-10-18-15)28-13-9-11(2)20-21(13)3/h9-10,12H,4-8H2,1-3H3. The van der Waals surface area contributed by atoms with Crippen LogP contribution in [0.25, 0.3) is 0 Å². The van der Waals surface area contributed by atoms with Crippen molar-refractivity contribution in [3.63, 3.8) is 0 Å². The summed E-state index contributed by atoms with van der Waals surface area (Å²) in [6.45, 7) is 4.80. The highest BCUT2D eigenvalue weighted by Gasteiger charge is 2.33. The number of piperidine rings is 1. The summed E-state index contributed by atoms with van der Waals surface area (Å²) in [5, 5.41) is 15.9. The molecule has 1 aliphatic rings. The molecule has 0 aromatic carbocycles. The van der Waals surface area contributed by atoms with Crippen molar-refractivity contribution in [3.8, 4) is 11.8 Å². The van der Waals surface area contributed by atoms with Crippen molar-refractivity contribution >= 4 is 17.5 Å². The van der Waals surface area contributed by atoms with E-state index in [4.69, 9.17) is 9.47 Å². The average Bonchev–Trinajstić information content (AvgIpc) is 2.98. The van der Waals surface area contributed by atoms with Crippen molar-refractivity contribution in [2.45, 2.75) is 26.7 Å². The van der Waals surface area contributed by atoms with Gasteiger partial charge >= 0.3 is 17.5 Å². The molecule has 2 aromatic rings. The topological polar surface area (TPSA) is 126 Å². The van der Waals surface area contributed by atoms with Gasteiger partial charge in [0.05, 0.1) is 23.1 Å². The van der Waals surface area contributed by atoms with E-state index in [1.807, 2.05) is 0 Å². The lowest BCUT2D eigenvalue weighted by molar-refractivity contribution is -0.385. The van der Waals surface area contributed by atoms with E-state index in [0.29, 0.717) is 38.4 Å². The number of esters is 1. The van der Waals surface area contributed by atoms with Crippen molar-refractivity contribution in [2.24, 2.45) is 13.0 Å². The molecule has 0 N–H and O–H groups in total. The molecular formula is C17H22N6O5. The van der Waals surface area contributed by atoms with Crippen molar-refractivity contribution < 1.29 is 19.2 Å². The van der Waals surface area contributed by atoms with Gasteiger partial charge in [0.2, 0.25) is 11.7 Å². The van der Waals surface area contributed by atoms with Gasteiger partial charge in [-0.15, -0.1) is 0 Å². The van der Waals surface area contributed by atoms with Crippen LogP contribution < -0.4 is 9.64 Å². The molecule has 1 aliphatic heterocycles.